The lowest BCUT2D eigenvalue weighted by Gasteiger charge is -2.29. The van der Waals surface area contributed by atoms with Crippen molar-refractivity contribution in [1.82, 2.24) is 0 Å². The summed E-state index contributed by atoms with van der Waals surface area (Å²) in [5, 5.41) is 0. The molecule has 0 N–H and O–H groups in total. The van der Waals surface area contributed by atoms with E-state index in [2.05, 4.69) is 38.1 Å². The highest BCUT2D eigenvalue weighted by atomic mass is 16.5. The maximum absolute atomic E-state index is 12.2. The van der Waals surface area contributed by atoms with E-state index in [-0.39, 0.29) is 18.0 Å². The van der Waals surface area contributed by atoms with Crippen molar-refractivity contribution in [3.05, 3.63) is 35.4 Å². The van der Waals surface area contributed by atoms with Crippen LogP contribution in [0.2, 0.25) is 0 Å². The van der Waals surface area contributed by atoms with E-state index in [4.69, 9.17) is 4.74 Å². The molecular weight excluding hydrogens is 344 g/mol. The predicted octanol–water partition coefficient (Wildman–Crippen LogP) is 7.73. The van der Waals surface area contributed by atoms with E-state index in [0.29, 0.717) is 0 Å². The van der Waals surface area contributed by atoms with Gasteiger partial charge in [-0.3, -0.25) is 4.79 Å². The van der Waals surface area contributed by atoms with Crippen LogP contribution in [0.1, 0.15) is 120 Å². The third kappa shape index (κ3) is 5.84. The van der Waals surface area contributed by atoms with Gasteiger partial charge in [-0.2, -0.15) is 0 Å². The molecule has 2 aliphatic rings. The van der Waals surface area contributed by atoms with Crippen LogP contribution in [0, 0.1) is 11.8 Å². The van der Waals surface area contributed by atoms with Crippen molar-refractivity contribution in [3.63, 3.8) is 0 Å². The number of unbranched alkanes of at least 4 members (excludes halogenated alkanes) is 4. The highest BCUT2D eigenvalue weighted by molar-refractivity contribution is 5.74. The zero-order valence-corrected chi connectivity index (χ0v) is 18.1. The van der Waals surface area contributed by atoms with E-state index in [1.54, 1.807) is 0 Å². The molecule has 1 saturated heterocycles. The summed E-state index contributed by atoms with van der Waals surface area (Å²) in [5.41, 5.74) is 2.67. The monoisotopic (exact) mass is 384 g/mol. The van der Waals surface area contributed by atoms with Crippen LogP contribution in [-0.2, 0) is 9.53 Å². The molecule has 2 nitrogen and oxygen atoms in total. The smallest absolute Gasteiger partial charge is 0.309 e. The van der Waals surface area contributed by atoms with E-state index in [0.717, 1.165) is 31.1 Å². The Kier molecular flexibility index (Phi) is 8.43. The molecule has 1 aliphatic heterocycles. The first-order valence-electron chi connectivity index (χ1n) is 12.0. The summed E-state index contributed by atoms with van der Waals surface area (Å²) < 4.78 is 5.72. The van der Waals surface area contributed by atoms with Gasteiger partial charge in [-0.25, -0.2) is 0 Å². The van der Waals surface area contributed by atoms with Crippen LogP contribution >= 0.6 is 0 Å². The van der Waals surface area contributed by atoms with Gasteiger partial charge >= 0.3 is 5.97 Å². The van der Waals surface area contributed by atoms with Crippen LogP contribution < -0.4 is 0 Å². The second-order valence-corrected chi connectivity index (χ2v) is 9.23. The molecule has 2 atom stereocenters. The second-order valence-electron chi connectivity index (χ2n) is 9.23. The van der Waals surface area contributed by atoms with Gasteiger partial charge < -0.3 is 4.74 Å². The lowest BCUT2D eigenvalue weighted by Crippen LogP contribution is -2.13. The molecule has 2 heteroatoms. The Balaban J connectivity index is 1.47. The number of carbonyl (C=O) groups is 1. The summed E-state index contributed by atoms with van der Waals surface area (Å²) in [6.45, 7) is 4.52. The van der Waals surface area contributed by atoms with E-state index in [1.165, 1.54) is 75.3 Å². The summed E-state index contributed by atoms with van der Waals surface area (Å²) in [6, 6.07) is 9.04. The molecule has 1 heterocycles. The molecule has 0 radical (unpaired) electrons. The minimum absolute atomic E-state index is 0.0241. The van der Waals surface area contributed by atoms with Crippen LogP contribution in [0.15, 0.2) is 24.3 Å². The third-order valence-corrected chi connectivity index (χ3v) is 7.09. The Labute approximate surface area is 172 Å². The number of ether oxygens (including phenoxy) is 1. The molecule has 1 aromatic carbocycles. The van der Waals surface area contributed by atoms with Crippen LogP contribution in [0.3, 0.4) is 0 Å². The van der Waals surface area contributed by atoms with E-state index in [9.17, 15) is 4.79 Å². The Bertz CT molecular complexity index is 583. The summed E-state index contributed by atoms with van der Waals surface area (Å²) in [5.74, 6) is 1.82. The minimum Gasteiger partial charge on any atom is -0.457 e. The normalized spacial score (nSPS) is 27.7. The van der Waals surface area contributed by atoms with Crippen LogP contribution in [-0.4, -0.2) is 5.97 Å². The van der Waals surface area contributed by atoms with E-state index < -0.39 is 0 Å². The summed E-state index contributed by atoms with van der Waals surface area (Å²) in [7, 11) is 0. The fraction of sp³-hybridized carbons (Fsp3) is 0.731. The van der Waals surface area contributed by atoms with Gasteiger partial charge in [0.25, 0.3) is 0 Å². The molecule has 1 saturated carbocycles. The molecule has 28 heavy (non-hydrogen) atoms. The standard InChI is InChI=1S/C26H40O2/c1-3-5-7-8-10-24-19-25(28-26(24)27)23-17-15-22(16-18-23)21-13-11-20(12-14-21)9-6-4-2/h15-18,20-21,24-25H,3-14,19H2,1-2H3. The maximum Gasteiger partial charge on any atom is 0.309 e. The van der Waals surface area contributed by atoms with E-state index in [1.807, 2.05) is 0 Å². The van der Waals surface area contributed by atoms with Crippen molar-refractivity contribution >= 4 is 5.97 Å². The molecule has 3 rings (SSSR count). The third-order valence-electron chi connectivity index (χ3n) is 7.09. The zero-order chi connectivity index (χ0) is 19.8. The SMILES string of the molecule is CCCCCCC1CC(c2ccc(C3CCC(CCCC)CC3)cc2)OC1=O. The summed E-state index contributed by atoms with van der Waals surface area (Å²) in [4.78, 5) is 12.2. The van der Waals surface area contributed by atoms with Gasteiger partial charge in [-0.05, 0) is 55.1 Å². The highest BCUT2D eigenvalue weighted by Gasteiger charge is 2.34. The molecule has 156 valence electrons. The second kappa shape index (κ2) is 11.0. The first kappa shape index (κ1) is 21.4. The zero-order valence-electron chi connectivity index (χ0n) is 18.1. The molecule has 0 amide bonds. The molecule has 2 unspecified atom stereocenters. The van der Waals surface area contributed by atoms with Gasteiger partial charge in [0.05, 0.1) is 5.92 Å². The van der Waals surface area contributed by atoms with Gasteiger partial charge in [0, 0.05) is 6.42 Å². The van der Waals surface area contributed by atoms with Crippen molar-refractivity contribution in [1.29, 1.82) is 0 Å². The maximum atomic E-state index is 12.2. The topological polar surface area (TPSA) is 26.3 Å². The lowest BCUT2D eigenvalue weighted by atomic mass is 9.77. The minimum atomic E-state index is -0.0255. The quantitative estimate of drug-likeness (QED) is 0.305. The molecule has 1 aromatic rings. The Hall–Kier alpha value is -1.31. The van der Waals surface area contributed by atoms with Gasteiger partial charge in [-0.1, -0.05) is 83.1 Å². The average molecular weight is 385 g/mol. The Morgan fingerprint density at radius 2 is 1.50 bits per heavy atom. The number of hydrogen-bond donors (Lipinski definition) is 0. The number of benzene rings is 1. The van der Waals surface area contributed by atoms with E-state index >= 15 is 0 Å². The van der Waals surface area contributed by atoms with Gasteiger partial charge in [0.1, 0.15) is 6.10 Å². The first-order chi connectivity index (χ1) is 13.7. The number of hydrogen-bond acceptors (Lipinski definition) is 2. The number of cyclic esters (lactones) is 1. The predicted molar refractivity (Wildman–Crippen MR) is 116 cm³/mol. The molecule has 2 fully saturated rings. The summed E-state index contributed by atoms with van der Waals surface area (Å²) in [6.07, 6.45) is 16.4. The fourth-order valence-electron chi connectivity index (χ4n) is 5.16. The van der Waals surface area contributed by atoms with Crippen molar-refractivity contribution in [2.24, 2.45) is 11.8 Å². The Morgan fingerprint density at radius 1 is 0.821 bits per heavy atom. The fourth-order valence-corrected chi connectivity index (χ4v) is 5.16. The van der Waals surface area contributed by atoms with Crippen LogP contribution in [0.4, 0.5) is 0 Å². The largest absolute Gasteiger partial charge is 0.457 e. The van der Waals surface area contributed by atoms with Crippen molar-refractivity contribution in [2.45, 2.75) is 109 Å². The average Bonchev–Trinajstić information content (AvgIpc) is 3.11. The summed E-state index contributed by atoms with van der Waals surface area (Å²) >= 11 is 0. The van der Waals surface area contributed by atoms with Crippen LogP contribution in [0.25, 0.3) is 0 Å². The first-order valence-corrected chi connectivity index (χ1v) is 12.0. The van der Waals surface area contributed by atoms with Crippen LogP contribution in [0.5, 0.6) is 0 Å². The van der Waals surface area contributed by atoms with Gasteiger partial charge in [0.15, 0.2) is 0 Å². The molecule has 0 spiro atoms. The van der Waals surface area contributed by atoms with Crippen molar-refractivity contribution < 1.29 is 9.53 Å². The number of esters is 1. The van der Waals surface area contributed by atoms with Gasteiger partial charge in [-0.15, -0.1) is 0 Å². The lowest BCUT2D eigenvalue weighted by molar-refractivity contribution is -0.144. The number of rotatable bonds is 10. The highest BCUT2D eigenvalue weighted by Crippen LogP contribution is 2.39. The van der Waals surface area contributed by atoms with Gasteiger partial charge in [0.2, 0.25) is 0 Å². The molecular formula is C26H40O2. The van der Waals surface area contributed by atoms with Crippen molar-refractivity contribution in [2.75, 3.05) is 0 Å². The Morgan fingerprint density at radius 3 is 2.18 bits per heavy atom. The molecule has 0 bridgehead atoms. The molecule has 0 aromatic heterocycles. The molecule has 1 aliphatic carbocycles. The van der Waals surface area contributed by atoms with Crippen molar-refractivity contribution in [3.8, 4) is 0 Å². The number of carbonyl (C=O) groups excluding carboxylic acids is 1.